The summed E-state index contributed by atoms with van der Waals surface area (Å²) < 4.78 is 0. The van der Waals surface area contributed by atoms with Gasteiger partial charge in [0.2, 0.25) is 11.8 Å². The Hall–Kier alpha value is -1.10. The van der Waals surface area contributed by atoms with Crippen LogP contribution in [0.4, 0.5) is 0 Å². The van der Waals surface area contributed by atoms with Crippen molar-refractivity contribution in [3.05, 3.63) is 0 Å². The van der Waals surface area contributed by atoms with E-state index in [9.17, 15) is 9.59 Å². The Morgan fingerprint density at radius 2 is 1.83 bits per heavy atom. The molecule has 2 amide bonds. The molecule has 5 nitrogen and oxygen atoms in total. The highest BCUT2D eigenvalue weighted by atomic mass is 16.2. The molecular weight excluding hydrogens is 230 g/mol. The van der Waals surface area contributed by atoms with Crippen molar-refractivity contribution in [1.82, 2.24) is 15.5 Å². The maximum atomic E-state index is 11.8. The van der Waals surface area contributed by atoms with Crippen LogP contribution in [0.2, 0.25) is 0 Å². The Morgan fingerprint density at radius 3 is 2.50 bits per heavy atom. The molecule has 2 fully saturated rings. The Morgan fingerprint density at radius 1 is 1.11 bits per heavy atom. The second-order valence-corrected chi connectivity index (χ2v) is 5.21. The van der Waals surface area contributed by atoms with E-state index in [1.807, 2.05) is 4.90 Å². The summed E-state index contributed by atoms with van der Waals surface area (Å²) in [6.07, 6.45) is 6.21. The number of nitrogens with zero attached hydrogens (tertiary/aromatic N) is 1. The number of hydrogen-bond acceptors (Lipinski definition) is 3. The van der Waals surface area contributed by atoms with Crippen LogP contribution in [0.5, 0.6) is 0 Å². The highest BCUT2D eigenvalue weighted by molar-refractivity contribution is 5.79. The fourth-order valence-electron chi connectivity index (χ4n) is 2.21. The monoisotopic (exact) mass is 253 g/mol. The number of nitrogens with one attached hydrogen (secondary N) is 2. The predicted octanol–water partition coefficient (Wildman–Crippen LogP) is 0.257. The van der Waals surface area contributed by atoms with Gasteiger partial charge in [0.1, 0.15) is 0 Å². The number of amides is 2. The molecule has 0 aromatic heterocycles. The SMILES string of the molecule is O=C(CNCCC(=O)N1CCCCC1)NC1CC1. The minimum Gasteiger partial charge on any atom is -0.352 e. The quantitative estimate of drug-likeness (QED) is 0.667. The molecule has 0 aromatic rings. The molecule has 0 bridgehead atoms. The molecular formula is C13H23N3O2. The molecule has 0 unspecified atom stereocenters. The molecule has 18 heavy (non-hydrogen) atoms. The van der Waals surface area contributed by atoms with E-state index in [-0.39, 0.29) is 11.8 Å². The molecule has 0 radical (unpaired) electrons. The zero-order chi connectivity index (χ0) is 12.8. The van der Waals surface area contributed by atoms with E-state index in [0.717, 1.165) is 38.8 Å². The van der Waals surface area contributed by atoms with Crippen LogP contribution < -0.4 is 10.6 Å². The van der Waals surface area contributed by atoms with E-state index in [4.69, 9.17) is 0 Å². The second kappa shape index (κ2) is 6.73. The van der Waals surface area contributed by atoms with Crippen LogP contribution in [0, 0.1) is 0 Å². The third-order valence-corrected chi connectivity index (χ3v) is 3.45. The number of likely N-dealkylation sites (tertiary alicyclic amines) is 1. The summed E-state index contributed by atoms with van der Waals surface area (Å²) in [6.45, 7) is 2.72. The number of carbonyl (C=O) groups excluding carboxylic acids is 2. The summed E-state index contributed by atoms with van der Waals surface area (Å²) >= 11 is 0. The first kappa shape index (κ1) is 13.3. The average molecular weight is 253 g/mol. The van der Waals surface area contributed by atoms with Crippen molar-refractivity contribution in [1.29, 1.82) is 0 Å². The molecule has 1 heterocycles. The van der Waals surface area contributed by atoms with Crippen molar-refractivity contribution in [3.63, 3.8) is 0 Å². The van der Waals surface area contributed by atoms with E-state index in [2.05, 4.69) is 10.6 Å². The van der Waals surface area contributed by atoms with Crippen LogP contribution in [0.3, 0.4) is 0 Å². The van der Waals surface area contributed by atoms with Crippen molar-refractivity contribution >= 4 is 11.8 Å². The zero-order valence-corrected chi connectivity index (χ0v) is 10.9. The summed E-state index contributed by atoms with van der Waals surface area (Å²) in [4.78, 5) is 25.1. The first-order valence-corrected chi connectivity index (χ1v) is 7.03. The van der Waals surface area contributed by atoms with E-state index in [0.29, 0.717) is 25.6 Å². The van der Waals surface area contributed by atoms with E-state index in [1.165, 1.54) is 6.42 Å². The van der Waals surface area contributed by atoms with Gasteiger partial charge in [-0.15, -0.1) is 0 Å². The third kappa shape index (κ3) is 4.64. The number of hydrogen-bond donors (Lipinski definition) is 2. The molecule has 2 aliphatic rings. The lowest BCUT2D eigenvalue weighted by molar-refractivity contribution is -0.132. The van der Waals surface area contributed by atoms with Gasteiger partial charge in [-0.2, -0.15) is 0 Å². The highest BCUT2D eigenvalue weighted by Gasteiger charge is 2.22. The topological polar surface area (TPSA) is 61.4 Å². The van der Waals surface area contributed by atoms with Gasteiger partial charge in [0.05, 0.1) is 6.54 Å². The van der Waals surface area contributed by atoms with Crippen LogP contribution in [-0.4, -0.2) is 48.9 Å². The molecule has 0 spiro atoms. The van der Waals surface area contributed by atoms with E-state index >= 15 is 0 Å². The Labute approximate surface area is 108 Å². The lowest BCUT2D eigenvalue weighted by Gasteiger charge is -2.26. The summed E-state index contributed by atoms with van der Waals surface area (Å²) in [5.74, 6) is 0.257. The molecule has 2 rings (SSSR count). The normalized spacial score (nSPS) is 19.7. The smallest absolute Gasteiger partial charge is 0.234 e. The Bertz CT molecular complexity index is 297. The van der Waals surface area contributed by atoms with Crippen LogP contribution in [0.15, 0.2) is 0 Å². The fourth-order valence-corrected chi connectivity index (χ4v) is 2.21. The summed E-state index contributed by atoms with van der Waals surface area (Å²) in [7, 11) is 0. The van der Waals surface area contributed by atoms with Gasteiger partial charge in [-0.1, -0.05) is 0 Å². The van der Waals surface area contributed by atoms with Gasteiger partial charge in [-0.3, -0.25) is 9.59 Å². The molecule has 1 saturated carbocycles. The van der Waals surface area contributed by atoms with Gasteiger partial charge in [0, 0.05) is 32.1 Å². The number of rotatable bonds is 6. The van der Waals surface area contributed by atoms with Gasteiger partial charge in [0.15, 0.2) is 0 Å². The molecule has 102 valence electrons. The average Bonchev–Trinajstić information content (AvgIpc) is 3.19. The van der Waals surface area contributed by atoms with Crippen molar-refractivity contribution < 1.29 is 9.59 Å². The van der Waals surface area contributed by atoms with Crippen molar-refractivity contribution in [2.24, 2.45) is 0 Å². The van der Waals surface area contributed by atoms with Crippen LogP contribution >= 0.6 is 0 Å². The lowest BCUT2D eigenvalue weighted by atomic mass is 10.1. The molecule has 0 aromatic carbocycles. The summed E-state index contributed by atoms with van der Waals surface area (Å²) in [6, 6.07) is 0.411. The maximum Gasteiger partial charge on any atom is 0.234 e. The van der Waals surface area contributed by atoms with Gasteiger partial charge < -0.3 is 15.5 Å². The molecule has 1 aliphatic carbocycles. The Balaban J connectivity index is 1.51. The van der Waals surface area contributed by atoms with E-state index in [1.54, 1.807) is 0 Å². The highest BCUT2D eigenvalue weighted by Crippen LogP contribution is 2.18. The molecule has 1 saturated heterocycles. The second-order valence-electron chi connectivity index (χ2n) is 5.21. The summed E-state index contributed by atoms with van der Waals surface area (Å²) in [5.41, 5.74) is 0. The molecule has 1 aliphatic heterocycles. The van der Waals surface area contributed by atoms with Crippen LogP contribution in [0.25, 0.3) is 0 Å². The number of carbonyl (C=O) groups is 2. The fraction of sp³-hybridized carbons (Fsp3) is 0.846. The first-order chi connectivity index (χ1) is 8.75. The van der Waals surface area contributed by atoms with Crippen molar-refractivity contribution in [2.45, 2.75) is 44.6 Å². The predicted molar refractivity (Wildman–Crippen MR) is 69.1 cm³/mol. The standard InChI is InChI=1S/C13H23N3O2/c17-12(15-11-4-5-11)10-14-7-6-13(18)16-8-2-1-3-9-16/h11,14H,1-10H2,(H,15,17). The minimum atomic E-state index is 0.0444. The minimum absolute atomic E-state index is 0.0444. The third-order valence-electron chi connectivity index (χ3n) is 3.45. The first-order valence-electron chi connectivity index (χ1n) is 7.03. The van der Waals surface area contributed by atoms with Crippen molar-refractivity contribution in [2.75, 3.05) is 26.2 Å². The van der Waals surface area contributed by atoms with Gasteiger partial charge in [0.25, 0.3) is 0 Å². The van der Waals surface area contributed by atoms with E-state index < -0.39 is 0 Å². The molecule has 2 N–H and O–H groups in total. The molecule has 0 atom stereocenters. The van der Waals surface area contributed by atoms with Crippen molar-refractivity contribution in [3.8, 4) is 0 Å². The van der Waals surface area contributed by atoms with Gasteiger partial charge >= 0.3 is 0 Å². The van der Waals surface area contributed by atoms with Gasteiger partial charge in [-0.25, -0.2) is 0 Å². The maximum absolute atomic E-state index is 11.8. The molecule has 5 heteroatoms. The van der Waals surface area contributed by atoms with Crippen LogP contribution in [-0.2, 0) is 9.59 Å². The zero-order valence-electron chi connectivity index (χ0n) is 10.9. The summed E-state index contributed by atoms with van der Waals surface area (Å²) in [5, 5.41) is 5.94. The lowest BCUT2D eigenvalue weighted by Crippen LogP contribution is -2.39. The number of piperidine rings is 1. The Kier molecular flexibility index (Phi) is 4.99. The van der Waals surface area contributed by atoms with Crippen LogP contribution in [0.1, 0.15) is 38.5 Å². The van der Waals surface area contributed by atoms with Gasteiger partial charge in [-0.05, 0) is 32.1 Å². The largest absolute Gasteiger partial charge is 0.352 e.